The first-order valence-electron chi connectivity index (χ1n) is 3.71. The fourth-order valence-corrected chi connectivity index (χ4v) is 1.33. The third-order valence-electron chi connectivity index (χ3n) is 1.41. The number of hydrogen-bond acceptors (Lipinski definition) is 3. The van der Waals surface area contributed by atoms with Crippen LogP contribution in [-0.4, -0.2) is 75.6 Å². The van der Waals surface area contributed by atoms with Crippen molar-refractivity contribution in [2.75, 3.05) is 0 Å². The minimum Gasteiger partial charge on any atom is -0.334 e. The van der Waals surface area contributed by atoms with Crippen molar-refractivity contribution in [3.63, 3.8) is 0 Å². The monoisotopic (exact) mass is 246 g/mol. The predicted molar refractivity (Wildman–Crippen MR) is 54.3 cm³/mol. The molecule has 77 valence electrons. The van der Waals surface area contributed by atoms with Crippen LogP contribution in [0.4, 0.5) is 0 Å². The molecule has 0 fully saturated rings. The van der Waals surface area contributed by atoms with E-state index in [4.69, 9.17) is 4.55 Å². The molecule has 0 aromatic carbocycles. The summed E-state index contributed by atoms with van der Waals surface area (Å²) in [6.45, 7) is 6.33. The Balaban J connectivity index is 0. The molecule has 0 saturated carbocycles. The van der Waals surface area contributed by atoms with Crippen molar-refractivity contribution in [1.29, 1.82) is 0 Å². The molecule has 2 N–H and O–H groups in total. The maximum absolute atomic E-state index is 11.0. The third kappa shape index (κ3) is 6.28. The predicted octanol–water partition coefficient (Wildman–Crippen LogP) is -0.0782. The Morgan fingerprint density at radius 2 is 2.00 bits per heavy atom. The number of carbonyl (C=O) groups excluding carboxylic acids is 1. The van der Waals surface area contributed by atoms with Gasteiger partial charge in [-0.05, 0) is 13.3 Å². The zero-order valence-electron chi connectivity index (χ0n) is 8.57. The van der Waals surface area contributed by atoms with Crippen LogP contribution in [0.25, 0.3) is 0 Å². The summed E-state index contributed by atoms with van der Waals surface area (Å²) >= 11 is 0. The summed E-state index contributed by atoms with van der Waals surface area (Å²) in [7, 11) is -4.22. The Bertz CT molecular complexity index is 312. The van der Waals surface area contributed by atoms with Gasteiger partial charge >= 0.3 is 0 Å². The average molecular weight is 246 g/mol. The smallest absolute Gasteiger partial charge is 0.286 e. The molecule has 0 aromatic heterocycles. The van der Waals surface area contributed by atoms with Crippen molar-refractivity contribution in [2.45, 2.75) is 25.6 Å². The van der Waals surface area contributed by atoms with E-state index in [0.29, 0.717) is 0 Å². The summed E-state index contributed by atoms with van der Waals surface area (Å²) in [5.41, 5.74) is 0.196. The number of amides is 1. The summed E-state index contributed by atoms with van der Waals surface area (Å²) in [6, 6.07) is 0. The summed E-state index contributed by atoms with van der Waals surface area (Å²) < 4.78 is 29.9. The first kappa shape index (κ1) is 17.2. The van der Waals surface area contributed by atoms with Crippen LogP contribution < -0.4 is 5.32 Å². The van der Waals surface area contributed by atoms with Crippen LogP contribution in [0.1, 0.15) is 20.3 Å². The molecule has 0 aliphatic rings. The zero-order chi connectivity index (χ0) is 10.6. The average Bonchev–Trinajstić information content (AvgIpc) is 1.96. The van der Waals surface area contributed by atoms with Gasteiger partial charge in [0.15, 0.2) is 5.37 Å². The molecule has 1 radical (unpaired) electrons. The van der Waals surface area contributed by atoms with Crippen LogP contribution in [0.5, 0.6) is 0 Å². The van der Waals surface area contributed by atoms with Crippen LogP contribution in [0.2, 0.25) is 0 Å². The molecule has 0 aliphatic heterocycles. The summed E-state index contributed by atoms with van der Waals surface area (Å²) in [6.07, 6.45) is 0.109. The minimum absolute atomic E-state index is 0. The van der Waals surface area contributed by atoms with Gasteiger partial charge in [0.25, 0.3) is 10.1 Å². The molecule has 7 heteroatoms. The van der Waals surface area contributed by atoms with E-state index < -0.39 is 21.4 Å². The van der Waals surface area contributed by atoms with Gasteiger partial charge in [-0.15, -0.1) is 0 Å². The van der Waals surface area contributed by atoms with Crippen LogP contribution in [-0.2, 0) is 14.9 Å². The Labute approximate surface area is 127 Å². The molecule has 0 bridgehead atoms. The summed E-state index contributed by atoms with van der Waals surface area (Å²) in [5, 5.41) is 0.877. The van der Waals surface area contributed by atoms with E-state index in [1.54, 1.807) is 0 Å². The second-order valence-corrected chi connectivity index (χ2v) is 4.26. The quantitative estimate of drug-likeness (QED) is 0.413. The van der Waals surface area contributed by atoms with Gasteiger partial charge in [0.2, 0.25) is 5.91 Å². The fraction of sp³-hybridized carbons (Fsp3) is 0.571. The maximum atomic E-state index is 11.0. The standard InChI is InChI=1S/C7H13NO4S.K/c1-4-6(13(10,11)12)8-7(9)5(2)3;/h6H,2,4H2,1,3H3,(H,8,9)(H,10,11,12);. The fourth-order valence-electron chi connectivity index (χ4n) is 0.657. The Morgan fingerprint density at radius 3 is 2.21 bits per heavy atom. The molecule has 1 unspecified atom stereocenters. The molecule has 0 aromatic rings. The van der Waals surface area contributed by atoms with Crippen LogP contribution >= 0.6 is 0 Å². The van der Waals surface area contributed by atoms with Gasteiger partial charge in [-0.1, -0.05) is 13.5 Å². The van der Waals surface area contributed by atoms with Crippen molar-refractivity contribution in [3.05, 3.63) is 12.2 Å². The molecule has 0 saturated heterocycles. The van der Waals surface area contributed by atoms with Crippen molar-refractivity contribution >= 4 is 67.4 Å². The van der Waals surface area contributed by atoms with E-state index in [9.17, 15) is 13.2 Å². The van der Waals surface area contributed by atoms with Crippen molar-refractivity contribution < 1.29 is 17.8 Å². The molecule has 0 spiro atoms. The number of hydrogen-bond donors (Lipinski definition) is 2. The molecular weight excluding hydrogens is 233 g/mol. The van der Waals surface area contributed by atoms with Gasteiger partial charge in [0, 0.05) is 57.0 Å². The van der Waals surface area contributed by atoms with Gasteiger partial charge in [-0.2, -0.15) is 8.42 Å². The summed E-state index contributed by atoms with van der Waals surface area (Å²) in [5.74, 6) is -0.579. The van der Waals surface area contributed by atoms with Gasteiger partial charge in [0.05, 0.1) is 0 Å². The molecule has 1 atom stereocenters. The van der Waals surface area contributed by atoms with E-state index >= 15 is 0 Å². The molecule has 0 heterocycles. The molecule has 0 rings (SSSR count). The second kappa shape index (κ2) is 7.10. The van der Waals surface area contributed by atoms with Crippen LogP contribution in [0.3, 0.4) is 0 Å². The number of rotatable bonds is 4. The first-order valence-corrected chi connectivity index (χ1v) is 5.22. The Hall–Kier alpha value is 0.756. The SMILES string of the molecule is C=C(C)C(=O)NC(CC)S(=O)(=O)O.[K]. The molecule has 14 heavy (non-hydrogen) atoms. The van der Waals surface area contributed by atoms with E-state index in [2.05, 4.69) is 11.9 Å². The first-order chi connectivity index (χ1) is 5.79. The van der Waals surface area contributed by atoms with Crippen LogP contribution in [0, 0.1) is 0 Å². The van der Waals surface area contributed by atoms with Crippen LogP contribution in [0.15, 0.2) is 12.2 Å². The van der Waals surface area contributed by atoms with E-state index in [0.717, 1.165) is 0 Å². The topological polar surface area (TPSA) is 83.5 Å². The summed E-state index contributed by atoms with van der Waals surface area (Å²) in [4.78, 5) is 11.0. The maximum Gasteiger partial charge on any atom is 0.286 e. The van der Waals surface area contributed by atoms with Crippen molar-refractivity contribution in [2.24, 2.45) is 0 Å². The molecule has 0 aliphatic carbocycles. The zero-order valence-corrected chi connectivity index (χ0v) is 12.5. The molecule has 5 nitrogen and oxygen atoms in total. The molecule has 1 amide bonds. The van der Waals surface area contributed by atoms with E-state index in [1.807, 2.05) is 0 Å². The van der Waals surface area contributed by atoms with Gasteiger partial charge in [-0.25, -0.2) is 0 Å². The number of carbonyl (C=O) groups is 1. The van der Waals surface area contributed by atoms with Gasteiger partial charge < -0.3 is 5.32 Å². The number of nitrogens with one attached hydrogen (secondary N) is 1. The second-order valence-electron chi connectivity index (χ2n) is 2.67. The normalized spacial score (nSPS) is 12.5. The Morgan fingerprint density at radius 1 is 1.57 bits per heavy atom. The molecular formula is C7H13KNO4S. The van der Waals surface area contributed by atoms with E-state index in [-0.39, 0.29) is 63.4 Å². The van der Waals surface area contributed by atoms with Crippen molar-refractivity contribution in [3.8, 4) is 0 Å². The minimum atomic E-state index is -4.22. The van der Waals surface area contributed by atoms with Crippen molar-refractivity contribution in [1.82, 2.24) is 5.32 Å². The largest absolute Gasteiger partial charge is 0.334 e. The van der Waals surface area contributed by atoms with Gasteiger partial charge in [0.1, 0.15) is 0 Å². The van der Waals surface area contributed by atoms with Gasteiger partial charge in [-0.3, -0.25) is 9.35 Å². The Kier molecular flexibility index (Phi) is 8.70. The third-order valence-corrected chi connectivity index (χ3v) is 2.58. The van der Waals surface area contributed by atoms with E-state index in [1.165, 1.54) is 13.8 Å².